The van der Waals surface area contributed by atoms with Crippen LogP contribution in [-0.4, -0.2) is 75.3 Å². The summed E-state index contributed by atoms with van der Waals surface area (Å²) in [5.41, 5.74) is 1.36. The lowest BCUT2D eigenvalue weighted by atomic mass is 9.83. The molecule has 1 saturated carbocycles. The second kappa shape index (κ2) is 10.8. The van der Waals surface area contributed by atoms with Crippen LogP contribution in [0.3, 0.4) is 0 Å². The minimum absolute atomic E-state index is 0.0789. The van der Waals surface area contributed by atoms with E-state index in [-0.39, 0.29) is 25.4 Å². The number of likely N-dealkylation sites (tertiary alicyclic amines) is 1. The quantitative estimate of drug-likeness (QED) is 0.624. The number of ether oxygens (including phenoxy) is 2. The molecule has 2 fully saturated rings. The molecule has 9 heteroatoms. The van der Waals surface area contributed by atoms with Gasteiger partial charge in [0.15, 0.2) is 0 Å². The summed E-state index contributed by atoms with van der Waals surface area (Å²) in [4.78, 5) is 14.0. The van der Waals surface area contributed by atoms with Crippen molar-refractivity contribution in [3.63, 3.8) is 0 Å². The Hall–Kier alpha value is -1.68. The van der Waals surface area contributed by atoms with Gasteiger partial charge in [0.25, 0.3) is 0 Å². The lowest BCUT2D eigenvalue weighted by Crippen LogP contribution is -2.50. The first-order valence-electron chi connectivity index (χ1n) is 10.9. The third-order valence-corrected chi connectivity index (χ3v) is 7.13. The van der Waals surface area contributed by atoms with E-state index >= 15 is 0 Å². The van der Waals surface area contributed by atoms with Crippen LogP contribution >= 0.6 is 0 Å². The van der Waals surface area contributed by atoms with Gasteiger partial charge in [0.05, 0.1) is 32.1 Å². The molecule has 1 aliphatic heterocycles. The van der Waals surface area contributed by atoms with Gasteiger partial charge in [-0.05, 0) is 50.0 Å². The Balaban J connectivity index is 1.64. The van der Waals surface area contributed by atoms with Crippen LogP contribution in [0.5, 0.6) is 0 Å². The molecule has 8 nitrogen and oxygen atoms in total. The van der Waals surface area contributed by atoms with Gasteiger partial charge in [-0.1, -0.05) is 30.3 Å². The number of rotatable bonds is 8. The third kappa shape index (κ3) is 6.41. The number of nitrogens with one attached hydrogen (secondary N) is 1. The second-order valence-corrected chi connectivity index (χ2v) is 10.3. The maximum atomic E-state index is 12.5. The molecular formula is C22H34N2O6S. The van der Waals surface area contributed by atoms with E-state index in [0.29, 0.717) is 18.8 Å². The van der Waals surface area contributed by atoms with Crippen molar-refractivity contribution < 1.29 is 27.8 Å². The molecule has 174 valence electrons. The number of nitrogens with zero attached hydrogens (tertiary/aromatic N) is 1. The zero-order chi connectivity index (χ0) is 22.4. The Kier molecular flexibility index (Phi) is 8.32. The van der Waals surface area contributed by atoms with Gasteiger partial charge in [-0.25, -0.2) is 17.9 Å². The van der Waals surface area contributed by atoms with E-state index in [1.165, 1.54) is 17.6 Å². The molecule has 1 aromatic rings. The van der Waals surface area contributed by atoms with Crippen LogP contribution in [0.1, 0.15) is 50.0 Å². The highest BCUT2D eigenvalue weighted by Gasteiger charge is 2.45. The van der Waals surface area contributed by atoms with Gasteiger partial charge in [-0.2, -0.15) is 0 Å². The Labute approximate surface area is 185 Å². The maximum absolute atomic E-state index is 12.5. The zero-order valence-corrected chi connectivity index (χ0v) is 19.1. The van der Waals surface area contributed by atoms with Gasteiger partial charge in [0.2, 0.25) is 10.0 Å². The predicted octanol–water partition coefficient (Wildman–Crippen LogP) is 2.24. The SMILES string of the molecule is COC(=O)N1[C@H](CCO)C[C@H](NS(C)(=O)=O)[C@@H]1CO[C@H]1CC[C@@H](c2ccccc2)CC1. The minimum Gasteiger partial charge on any atom is -0.453 e. The highest BCUT2D eigenvalue weighted by atomic mass is 32.2. The maximum Gasteiger partial charge on any atom is 0.410 e. The van der Waals surface area contributed by atoms with E-state index in [1.54, 1.807) is 0 Å². The van der Waals surface area contributed by atoms with E-state index in [0.717, 1.165) is 31.9 Å². The molecule has 1 saturated heterocycles. The first kappa shape index (κ1) is 24.0. The Morgan fingerprint density at radius 3 is 2.45 bits per heavy atom. The van der Waals surface area contributed by atoms with Crippen LogP contribution in [0.25, 0.3) is 0 Å². The molecule has 2 N–H and O–H groups in total. The molecule has 0 spiro atoms. The highest BCUT2D eigenvalue weighted by molar-refractivity contribution is 7.88. The van der Waals surface area contributed by atoms with Crippen LogP contribution < -0.4 is 4.72 Å². The molecule has 31 heavy (non-hydrogen) atoms. The van der Waals surface area contributed by atoms with E-state index in [9.17, 15) is 18.3 Å². The van der Waals surface area contributed by atoms with Crippen molar-refractivity contribution in [3.8, 4) is 0 Å². The number of hydrogen-bond acceptors (Lipinski definition) is 6. The largest absolute Gasteiger partial charge is 0.453 e. The first-order chi connectivity index (χ1) is 14.8. The van der Waals surface area contributed by atoms with Crippen molar-refractivity contribution in [2.45, 2.75) is 68.7 Å². The monoisotopic (exact) mass is 454 g/mol. The van der Waals surface area contributed by atoms with Crippen molar-refractivity contribution >= 4 is 16.1 Å². The normalized spacial score (nSPS) is 29.1. The summed E-state index contributed by atoms with van der Waals surface area (Å²) in [5.74, 6) is 0.535. The van der Waals surface area contributed by atoms with E-state index in [4.69, 9.17) is 9.47 Å². The summed E-state index contributed by atoms with van der Waals surface area (Å²) < 4.78 is 37.6. The molecular weight excluding hydrogens is 420 g/mol. The number of hydrogen-bond donors (Lipinski definition) is 2. The predicted molar refractivity (Wildman–Crippen MR) is 117 cm³/mol. The molecule has 1 aliphatic carbocycles. The highest BCUT2D eigenvalue weighted by Crippen LogP contribution is 2.35. The molecule has 0 bridgehead atoms. The number of aliphatic hydroxyl groups excluding tert-OH is 1. The van der Waals surface area contributed by atoms with Crippen molar-refractivity contribution in [1.29, 1.82) is 0 Å². The fourth-order valence-electron chi connectivity index (χ4n) is 4.95. The summed E-state index contributed by atoms with van der Waals surface area (Å²) >= 11 is 0. The van der Waals surface area contributed by atoms with E-state index < -0.39 is 28.2 Å². The first-order valence-corrected chi connectivity index (χ1v) is 12.8. The average Bonchev–Trinajstić information content (AvgIpc) is 3.08. The number of sulfonamides is 1. The average molecular weight is 455 g/mol. The summed E-state index contributed by atoms with van der Waals surface area (Å²) in [6.07, 6.45) is 5.36. The summed E-state index contributed by atoms with van der Waals surface area (Å²) in [5, 5.41) is 9.41. The van der Waals surface area contributed by atoms with Crippen molar-refractivity contribution in [1.82, 2.24) is 9.62 Å². The molecule has 0 aromatic heterocycles. The number of aliphatic hydroxyl groups is 1. The zero-order valence-electron chi connectivity index (χ0n) is 18.3. The van der Waals surface area contributed by atoms with E-state index in [1.807, 2.05) is 6.07 Å². The second-order valence-electron chi connectivity index (χ2n) is 8.56. The summed E-state index contributed by atoms with van der Waals surface area (Å²) in [7, 11) is -2.16. The third-order valence-electron chi connectivity index (χ3n) is 6.40. The number of carbonyl (C=O) groups is 1. The summed E-state index contributed by atoms with van der Waals surface area (Å²) in [6, 6.07) is 9.23. The van der Waals surface area contributed by atoms with Gasteiger partial charge in [0, 0.05) is 18.7 Å². The number of benzene rings is 1. The number of amides is 1. The van der Waals surface area contributed by atoms with Crippen molar-refractivity contribution in [3.05, 3.63) is 35.9 Å². The van der Waals surface area contributed by atoms with Gasteiger partial charge in [-0.15, -0.1) is 0 Å². The molecule has 1 aromatic carbocycles. The molecule has 3 rings (SSSR count). The molecule has 0 radical (unpaired) electrons. The topological polar surface area (TPSA) is 105 Å². The fourth-order valence-corrected chi connectivity index (χ4v) is 5.75. The molecule has 3 atom stereocenters. The Morgan fingerprint density at radius 1 is 1.19 bits per heavy atom. The van der Waals surface area contributed by atoms with Gasteiger partial charge < -0.3 is 14.6 Å². The van der Waals surface area contributed by atoms with Gasteiger partial charge in [0.1, 0.15) is 0 Å². The van der Waals surface area contributed by atoms with Crippen LogP contribution in [0.2, 0.25) is 0 Å². The number of carbonyl (C=O) groups excluding carboxylic acids is 1. The number of methoxy groups -OCH3 is 1. The molecule has 0 unspecified atom stereocenters. The van der Waals surface area contributed by atoms with Crippen LogP contribution in [0.4, 0.5) is 4.79 Å². The lowest BCUT2D eigenvalue weighted by Gasteiger charge is -2.33. The smallest absolute Gasteiger partial charge is 0.410 e. The summed E-state index contributed by atoms with van der Waals surface area (Å²) in [6.45, 7) is 0.131. The molecule has 1 heterocycles. The van der Waals surface area contributed by atoms with Crippen LogP contribution in [0, 0.1) is 0 Å². The Morgan fingerprint density at radius 2 is 1.87 bits per heavy atom. The van der Waals surface area contributed by atoms with Crippen molar-refractivity contribution in [2.75, 3.05) is 26.6 Å². The Bertz CT molecular complexity index is 811. The van der Waals surface area contributed by atoms with E-state index in [2.05, 4.69) is 29.0 Å². The van der Waals surface area contributed by atoms with Crippen LogP contribution in [0.15, 0.2) is 30.3 Å². The van der Waals surface area contributed by atoms with Crippen molar-refractivity contribution in [2.24, 2.45) is 0 Å². The lowest BCUT2D eigenvalue weighted by molar-refractivity contribution is -0.0102. The standard InChI is InChI=1S/C22H34N2O6S/c1-29-22(26)24-18(12-13-25)14-20(23-31(2,27)28)21(24)15-30-19-10-8-17(9-11-19)16-6-4-3-5-7-16/h3-7,17-21,23,25H,8-15H2,1-2H3/t17-,18-,19+,20+,21+/m1/s1. The van der Waals surface area contributed by atoms with Gasteiger partial charge in [-0.3, -0.25) is 4.90 Å². The fraction of sp³-hybridized carbons (Fsp3) is 0.682. The molecule has 1 amide bonds. The van der Waals surface area contributed by atoms with Crippen LogP contribution in [-0.2, 0) is 19.5 Å². The van der Waals surface area contributed by atoms with Gasteiger partial charge >= 0.3 is 6.09 Å². The minimum atomic E-state index is -3.46. The molecule has 2 aliphatic rings.